The topological polar surface area (TPSA) is 141 Å². The van der Waals surface area contributed by atoms with E-state index in [1.165, 1.54) is 6.92 Å². The molecule has 0 aromatic carbocycles. The summed E-state index contributed by atoms with van der Waals surface area (Å²) in [6.07, 6.45) is -4.28. The third kappa shape index (κ3) is 4.15. The molecule has 0 aromatic rings. The quantitative estimate of drug-likeness (QED) is 0.317. The monoisotopic (exact) mass is 502 g/mol. The first kappa shape index (κ1) is 26.3. The van der Waals surface area contributed by atoms with Crippen molar-refractivity contribution >= 4 is 42.5 Å². The molecule has 34 heavy (non-hydrogen) atoms. The van der Waals surface area contributed by atoms with E-state index in [4.69, 9.17) is 28.4 Å². The summed E-state index contributed by atoms with van der Waals surface area (Å²) in [7, 11) is 0. The smallest absolute Gasteiger partial charge is 0.351 e. The highest BCUT2D eigenvalue weighted by molar-refractivity contribution is 7.80. The summed E-state index contributed by atoms with van der Waals surface area (Å²) in [6, 6.07) is 0. The maximum atomic E-state index is 13.5. The molecule has 11 nitrogen and oxygen atoms in total. The Morgan fingerprint density at radius 3 is 1.97 bits per heavy atom. The Labute approximate surface area is 202 Å². The second kappa shape index (κ2) is 9.03. The van der Waals surface area contributed by atoms with Crippen molar-refractivity contribution in [2.75, 3.05) is 6.61 Å². The third-order valence-corrected chi connectivity index (χ3v) is 7.74. The second-order valence-corrected chi connectivity index (χ2v) is 10.1. The lowest BCUT2D eigenvalue weighted by atomic mass is 9.66. The van der Waals surface area contributed by atoms with E-state index < -0.39 is 76.1 Å². The zero-order valence-corrected chi connectivity index (χ0v) is 20.8. The lowest BCUT2D eigenvalue weighted by Gasteiger charge is -2.44. The van der Waals surface area contributed by atoms with Crippen LogP contribution in [0.25, 0.3) is 0 Å². The van der Waals surface area contributed by atoms with Crippen LogP contribution < -0.4 is 0 Å². The van der Waals surface area contributed by atoms with E-state index >= 15 is 0 Å². The van der Waals surface area contributed by atoms with Gasteiger partial charge in [-0.25, -0.2) is 4.79 Å². The number of thiol groups is 1. The molecule has 0 radical (unpaired) electrons. The van der Waals surface area contributed by atoms with Gasteiger partial charge in [0.05, 0.1) is 5.41 Å². The van der Waals surface area contributed by atoms with E-state index in [0.717, 1.165) is 13.8 Å². The molecule has 2 heterocycles. The normalized spacial score (nSPS) is 38.0. The first-order chi connectivity index (χ1) is 15.7. The summed E-state index contributed by atoms with van der Waals surface area (Å²) in [5, 5.41) is 0. The average molecular weight is 503 g/mol. The molecule has 12 heteroatoms. The van der Waals surface area contributed by atoms with E-state index in [1.807, 2.05) is 0 Å². The van der Waals surface area contributed by atoms with E-state index in [1.54, 1.807) is 20.8 Å². The van der Waals surface area contributed by atoms with Gasteiger partial charge in [-0.15, -0.1) is 12.6 Å². The van der Waals surface area contributed by atoms with Gasteiger partial charge >= 0.3 is 29.8 Å². The Balaban J connectivity index is 1.92. The Morgan fingerprint density at radius 2 is 1.50 bits per heavy atom. The van der Waals surface area contributed by atoms with Gasteiger partial charge in [-0.05, 0) is 19.8 Å². The predicted molar refractivity (Wildman–Crippen MR) is 115 cm³/mol. The van der Waals surface area contributed by atoms with E-state index in [2.05, 4.69) is 12.6 Å². The molecule has 3 fully saturated rings. The molecule has 0 spiro atoms. The van der Waals surface area contributed by atoms with Crippen LogP contribution >= 0.6 is 12.6 Å². The van der Waals surface area contributed by atoms with Crippen LogP contribution in [0.1, 0.15) is 54.4 Å². The van der Waals surface area contributed by atoms with Crippen molar-refractivity contribution in [2.45, 2.75) is 89.8 Å². The summed E-state index contributed by atoms with van der Waals surface area (Å²) in [4.78, 5) is 61.0. The van der Waals surface area contributed by atoms with Crippen LogP contribution in [-0.2, 0) is 52.4 Å². The highest BCUT2D eigenvalue weighted by Crippen LogP contribution is 2.66. The largest absolute Gasteiger partial charge is 0.463 e. The molecule has 2 aliphatic heterocycles. The number of hydrogen-bond acceptors (Lipinski definition) is 12. The van der Waals surface area contributed by atoms with Gasteiger partial charge in [0.25, 0.3) is 0 Å². The van der Waals surface area contributed by atoms with Crippen LogP contribution in [0.4, 0.5) is 0 Å². The number of hydrogen-bond donors (Lipinski definition) is 1. The fourth-order valence-electron chi connectivity index (χ4n) is 4.94. The molecule has 7 atom stereocenters. The Hall–Kier alpha value is -2.34. The molecular weight excluding hydrogens is 472 g/mol. The SMILES string of the molecule is CC(=O)OC[C@H]1O[C@H](S)[C@@H](OC(=O)[C@@]23CC[C@@](C)(C(=O)O2)C3(C)C)[C@@H](OC(C)=O)[C@@H]1OC(C)=O. The van der Waals surface area contributed by atoms with Gasteiger partial charge in [-0.2, -0.15) is 0 Å². The fraction of sp³-hybridized carbons (Fsp3) is 0.773. The number of fused-ring (bicyclic) bond motifs is 2. The summed E-state index contributed by atoms with van der Waals surface area (Å²) in [5.74, 6) is -3.39. The lowest BCUT2D eigenvalue weighted by Crippen LogP contribution is -2.62. The summed E-state index contributed by atoms with van der Waals surface area (Å²) in [6.45, 7) is 8.42. The number of carbonyl (C=O) groups is 5. The van der Waals surface area contributed by atoms with Gasteiger partial charge in [0.15, 0.2) is 18.3 Å². The minimum absolute atomic E-state index is 0.257. The minimum Gasteiger partial charge on any atom is -0.463 e. The van der Waals surface area contributed by atoms with E-state index in [9.17, 15) is 24.0 Å². The Bertz CT molecular complexity index is 901. The van der Waals surface area contributed by atoms with Crippen LogP contribution in [0.2, 0.25) is 0 Å². The van der Waals surface area contributed by atoms with Crippen molar-refractivity contribution < 1.29 is 52.4 Å². The number of rotatable bonds is 6. The van der Waals surface area contributed by atoms with Crippen molar-refractivity contribution in [3.63, 3.8) is 0 Å². The molecule has 0 N–H and O–H groups in total. The molecule has 0 unspecified atom stereocenters. The standard InChI is InChI=1S/C22H30O11S/c1-10(23)28-9-13-14(29-11(2)24)15(30-12(3)25)16(17(34)31-13)32-19(27)22-8-7-21(6,18(26)33-22)20(22,4)5/h13-17,34H,7-9H2,1-6H3/t13-,14-,15+,16+,17-,21+,22-/m1/s1. The maximum absolute atomic E-state index is 13.5. The first-order valence-corrected chi connectivity index (χ1v) is 11.4. The predicted octanol–water partition coefficient (Wildman–Crippen LogP) is 1.10. The van der Waals surface area contributed by atoms with Crippen molar-refractivity contribution in [3.05, 3.63) is 0 Å². The van der Waals surface area contributed by atoms with Crippen molar-refractivity contribution in [2.24, 2.45) is 10.8 Å². The first-order valence-electron chi connectivity index (χ1n) is 10.9. The van der Waals surface area contributed by atoms with Gasteiger partial charge in [0, 0.05) is 26.2 Å². The van der Waals surface area contributed by atoms with Gasteiger partial charge < -0.3 is 28.4 Å². The van der Waals surface area contributed by atoms with Crippen LogP contribution in [0.15, 0.2) is 0 Å². The molecule has 1 aliphatic carbocycles. The van der Waals surface area contributed by atoms with E-state index in [0.29, 0.717) is 6.42 Å². The van der Waals surface area contributed by atoms with Gasteiger partial charge in [-0.1, -0.05) is 13.8 Å². The molecular formula is C22H30O11S. The van der Waals surface area contributed by atoms with Crippen LogP contribution in [0, 0.1) is 10.8 Å². The van der Waals surface area contributed by atoms with Crippen LogP contribution in [0.5, 0.6) is 0 Å². The molecule has 2 bridgehead atoms. The lowest BCUT2D eigenvalue weighted by molar-refractivity contribution is -0.244. The Kier molecular flexibility index (Phi) is 6.97. The molecule has 3 rings (SSSR count). The molecule has 0 aromatic heterocycles. The summed E-state index contributed by atoms with van der Waals surface area (Å²) >= 11 is 4.36. The summed E-state index contributed by atoms with van der Waals surface area (Å²) < 4.78 is 32.8. The number of esters is 5. The van der Waals surface area contributed by atoms with Crippen molar-refractivity contribution in [1.29, 1.82) is 0 Å². The van der Waals surface area contributed by atoms with Crippen molar-refractivity contribution in [3.8, 4) is 0 Å². The summed E-state index contributed by atoms with van der Waals surface area (Å²) in [5.41, 5.74) is -4.43. The van der Waals surface area contributed by atoms with E-state index in [-0.39, 0.29) is 13.0 Å². The zero-order valence-electron chi connectivity index (χ0n) is 19.9. The minimum atomic E-state index is -1.54. The molecule has 190 valence electrons. The molecule has 1 saturated carbocycles. The highest BCUT2D eigenvalue weighted by Gasteiger charge is 2.76. The van der Waals surface area contributed by atoms with Gasteiger partial charge in [0.2, 0.25) is 5.60 Å². The number of carbonyl (C=O) groups excluding carboxylic acids is 5. The van der Waals surface area contributed by atoms with Crippen LogP contribution in [-0.4, -0.2) is 71.9 Å². The molecule has 0 amide bonds. The fourth-order valence-corrected chi connectivity index (χ4v) is 5.32. The van der Waals surface area contributed by atoms with Crippen LogP contribution in [0.3, 0.4) is 0 Å². The number of ether oxygens (including phenoxy) is 6. The molecule has 2 saturated heterocycles. The maximum Gasteiger partial charge on any atom is 0.351 e. The third-order valence-electron chi connectivity index (χ3n) is 7.32. The molecule has 3 aliphatic rings. The second-order valence-electron chi connectivity index (χ2n) is 9.56. The Morgan fingerprint density at radius 1 is 0.912 bits per heavy atom. The van der Waals surface area contributed by atoms with Gasteiger partial charge in [0.1, 0.15) is 18.1 Å². The van der Waals surface area contributed by atoms with Crippen molar-refractivity contribution in [1.82, 2.24) is 0 Å². The average Bonchev–Trinajstić information content (AvgIpc) is 3.01. The zero-order chi connectivity index (χ0) is 25.6. The van der Waals surface area contributed by atoms with Gasteiger partial charge in [-0.3, -0.25) is 19.2 Å². The highest BCUT2D eigenvalue weighted by atomic mass is 32.1.